The van der Waals surface area contributed by atoms with E-state index in [0.717, 1.165) is 19.5 Å². The van der Waals surface area contributed by atoms with E-state index in [0.29, 0.717) is 61.3 Å². The van der Waals surface area contributed by atoms with Gasteiger partial charge in [0.25, 0.3) is 11.7 Å². The Bertz CT molecular complexity index is 1120. The number of nitrogens with zero attached hydrogens (tertiary/aromatic N) is 2. The summed E-state index contributed by atoms with van der Waals surface area (Å²) < 4.78 is 17.2. The lowest BCUT2D eigenvalue weighted by Gasteiger charge is -2.28. The fraction of sp³-hybridized carbons (Fsp3) is 0.467. The standard InChI is InChI=1S/C30H40N2O6/c1-6-19-38-24-16-13-22(20-25(24)37-10-5)27-26(28(33)21-11-14-23(15-12-21)36-9-4)29(34)30(35)32(27)18-17-31(7-2)8-3/h11-16,20,27,33H,6-10,17-19H2,1-5H3/b28-26+. The van der Waals surface area contributed by atoms with Gasteiger partial charge in [-0.1, -0.05) is 26.8 Å². The number of ketones is 1. The molecular formula is C30H40N2O6. The van der Waals surface area contributed by atoms with Crippen molar-refractivity contribution in [3.8, 4) is 17.2 Å². The first kappa shape index (κ1) is 29.0. The Hall–Kier alpha value is -3.52. The van der Waals surface area contributed by atoms with Gasteiger partial charge in [-0.15, -0.1) is 0 Å². The van der Waals surface area contributed by atoms with Crippen LogP contribution in [0.4, 0.5) is 0 Å². The summed E-state index contributed by atoms with van der Waals surface area (Å²) in [6.07, 6.45) is 0.848. The number of likely N-dealkylation sites (tertiary alicyclic amines) is 1. The molecule has 0 spiro atoms. The van der Waals surface area contributed by atoms with Crippen molar-refractivity contribution in [3.63, 3.8) is 0 Å². The highest BCUT2D eigenvalue weighted by Crippen LogP contribution is 2.42. The largest absolute Gasteiger partial charge is 0.507 e. The topological polar surface area (TPSA) is 88.5 Å². The molecule has 1 atom stereocenters. The van der Waals surface area contributed by atoms with Gasteiger partial charge in [0.15, 0.2) is 11.5 Å². The Labute approximate surface area is 225 Å². The van der Waals surface area contributed by atoms with Crippen molar-refractivity contribution in [2.45, 2.75) is 47.1 Å². The average molecular weight is 525 g/mol. The van der Waals surface area contributed by atoms with E-state index >= 15 is 0 Å². The molecule has 1 aliphatic heterocycles. The van der Waals surface area contributed by atoms with Gasteiger partial charge in [-0.3, -0.25) is 9.59 Å². The Morgan fingerprint density at radius 2 is 1.58 bits per heavy atom. The molecule has 2 aromatic rings. The summed E-state index contributed by atoms with van der Waals surface area (Å²) in [5.41, 5.74) is 1.17. The molecule has 2 aromatic carbocycles. The number of ether oxygens (including phenoxy) is 3. The minimum absolute atomic E-state index is 0.0587. The van der Waals surface area contributed by atoms with Crippen molar-refractivity contribution in [3.05, 3.63) is 59.2 Å². The molecule has 8 nitrogen and oxygen atoms in total. The Balaban J connectivity index is 2.12. The number of aliphatic hydroxyl groups is 1. The van der Waals surface area contributed by atoms with Crippen LogP contribution in [0, 0.1) is 0 Å². The van der Waals surface area contributed by atoms with Gasteiger partial charge in [-0.25, -0.2) is 0 Å². The second kappa shape index (κ2) is 13.9. The molecule has 1 amide bonds. The number of hydrogen-bond acceptors (Lipinski definition) is 7. The maximum absolute atomic E-state index is 13.4. The molecule has 1 aliphatic rings. The van der Waals surface area contributed by atoms with Crippen LogP contribution in [0.15, 0.2) is 48.0 Å². The van der Waals surface area contributed by atoms with Crippen molar-refractivity contribution < 1.29 is 28.9 Å². The Morgan fingerprint density at radius 3 is 2.18 bits per heavy atom. The van der Waals surface area contributed by atoms with Crippen molar-refractivity contribution in [2.24, 2.45) is 0 Å². The summed E-state index contributed by atoms with van der Waals surface area (Å²) in [6.45, 7) is 14.0. The van der Waals surface area contributed by atoms with Crippen LogP contribution in [-0.4, -0.2) is 72.6 Å². The summed E-state index contributed by atoms with van der Waals surface area (Å²) in [4.78, 5) is 30.4. The lowest BCUT2D eigenvalue weighted by Crippen LogP contribution is -2.38. The zero-order chi connectivity index (χ0) is 27.7. The molecule has 0 saturated carbocycles. The number of carbonyl (C=O) groups excluding carboxylic acids is 2. The first-order valence-corrected chi connectivity index (χ1v) is 13.5. The summed E-state index contributed by atoms with van der Waals surface area (Å²) in [5.74, 6) is 0.248. The number of carbonyl (C=O) groups is 2. The maximum Gasteiger partial charge on any atom is 0.295 e. The molecule has 0 aromatic heterocycles. The molecule has 38 heavy (non-hydrogen) atoms. The first-order valence-electron chi connectivity index (χ1n) is 13.5. The predicted molar refractivity (Wildman–Crippen MR) is 148 cm³/mol. The van der Waals surface area contributed by atoms with E-state index in [9.17, 15) is 14.7 Å². The number of Topliss-reactive ketones (excluding diaryl/α,β-unsaturated/α-hetero) is 1. The van der Waals surface area contributed by atoms with E-state index in [-0.39, 0.29) is 11.3 Å². The lowest BCUT2D eigenvalue weighted by atomic mass is 9.95. The van der Waals surface area contributed by atoms with Crippen LogP contribution in [-0.2, 0) is 9.59 Å². The fourth-order valence-corrected chi connectivity index (χ4v) is 4.57. The number of aliphatic hydroxyl groups excluding tert-OH is 1. The summed E-state index contributed by atoms with van der Waals surface area (Å²) in [5, 5.41) is 11.4. The van der Waals surface area contributed by atoms with Crippen molar-refractivity contribution in [1.82, 2.24) is 9.80 Å². The second-order valence-corrected chi connectivity index (χ2v) is 8.96. The smallest absolute Gasteiger partial charge is 0.295 e. The normalized spacial score (nSPS) is 16.8. The van der Waals surface area contributed by atoms with Gasteiger partial charge in [-0.2, -0.15) is 0 Å². The van der Waals surface area contributed by atoms with Crippen LogP contribution in [0.3, 0.4) is 0 Å². The van der Waals surface area contributed by atoms with E-state index in [4.69, 9.17) is 14.2 Å². The van der Waals surface area contributed by atoms with E-state index in [1.54, 1.807) is 41.3 Å². The molecule has 206 valence electrons. The molecule has 0 radical (unpaired) electrons. The number of hydrogen-bond donors (Lipinski definition) is 1. The third kappa shape index (κ3) is 6.48. The van der Waals surface area contributed by atoms with E-state index in [1.165, 1.54) is 0 Å². The quantitative estimate of drug-likeness (QED) is 0.211. The number of rotatable bonds is 14. The van der Waals surface area contributed by atoms with Crippen LogP contribution < -0.4 is 14.2 Å². The Morgan fingerprint density at radius 1 is 0.895 bits per heavy atom. The monoisotopic (exact) mass is 524 g/mol. The highest BCUT2D eigenvalue weighted by molar-refractivity contribution is 6.46. The van der Waals surface area contributed by atoms with E-state index in [1.807, 2.05) is 26.8 Å². The molecule has 0 bridgehead atoms. The highest BCUT2D eigenvalue weighted by atomic mass is 16.5. The summed E-state index contributed by atoms with van der Waals surface area (Å²) >= 11 is 0. The van der Waals surface area contributed by atoms with Gasteiger partial charge in [0.1, 0.15) is 11.5 Å². The van der Waals surface area contributed by atoms with Crippen molar-refractivity contribution in [1.29, 1.82) is 0 Å². The number of benzene rings is 2. The van der Waals surface area contributed by atoms with Gasteiger partial charge in [0.05, 0.1) is 31.4 Å². The summed E-state index contributed by atoms with van der Waals surface area (Å²) in [6, 6.07) is 11.5. The molecule has 8 heteroatoms. The molecular weight excluding hydrogens is 484 g/mol. The van der Waals surface area contributed by atoms with Gasteiger partial charge >= 0.3 is 0 Å². The minimum atomic E-state index is -0.767. The van der Waals surface area contributed by atoms with Crippen molar-refractivity contribution >= 4 is 17.4 Å². The molecule has 0 aliphatic carbocycles. The number of amides is 1. The van der Waals surface area contributed by atoms with Crippen molar-refractivity contribution in [2.75, 3.05) is 46.0 Å². The van der Waals surface area contributed by atoms with Crippen LogP contribution >= 0.6 is 0 Å². The van der Waals surface area contributed by atoms with Crippen LogP contribution in [0.2, 0.25) is 0 Å². The van der Waals surface area contributed by atoms with E-state index in [2.05, 4.69) is 18.7 Å². The predicted octanol–water partition coefficient (Wildman–Crippen LogP) is 5.04. The van der Waals surface area contributed by atoms with E-state index < -0.39 is 17.7 Å². The first-order chi connectivity index (χ1) is 18.4. The molecule has 1 saturated heterocycles. The minimum Gasteiger partial charge on any atom is -0.507 e. The second-order valence-electron chi connectivity index (χ2n) is 8.96. The number of likely N-dealkylation sites (N-methyl/N-ethyl adjacent to an activating group) is 1. The highest BCUT2D eigenvalue weighted by Gasteiger charge is 2.46. The van der Waals surface area contributed by atoms with Crippen LogP contribution in [0.25, 0.3) is 5.76 Å². The summed E-state index contributed by atoms with van der Waals surface area (Å²) in [7, 11) is 0. The molecule has 1 fully saturated rings. The van der Waals surface area contributed by atoms with Gasteiger partial charge < -0.3 is 29.1 Å². The molecule has 1 unspecified atom stereocenters. The van der Waals surface area contributed by atoms with Gasteiger partial charge in [-0.05, 0) is 75.3 Å². The Kier molecular flexibility index (Phi) is 10.6. The zero-order valence-electron chi connectivity index (χ0n) is 23.2. The lowest BCUT2D eigenvalue weighted by molar-refractivity contribution is -0.140. The molecule has 3 rings (SSSR count). The SMILES string of the molecule is CCCOc1ccc(C2/C(=C(\O)c3ccc(OCC)cc3)C(=O)C(=O)N2CCN(CC)CC)cc1OCC. The molecule has 1 heterocycles. The maximum atomic E-state index is 13.4. The zero-order valence-corrected chi connectivity index (χ0v) is 23.2. The van der Waals surface area contributed by atoms with Gasteiger partial charge in [0, 0.05) is 18.7 Å². The third-order valence-corrected chi connectivity index (χ3v) is 6.58. The van der Waals surface area contributed by atoms with Gasteiger partial charge in [0.2, 0.25) is 0 Å². The van der Waals surface area contributed by atoms with Crippen LogP contribution in [0.1, 0.15) is 58.2 Å². The fourth-order valence-electron chi connectivity index (χ4n) is 4.57. The molecule has 1 N–H and O–H groups in total. The third-order valence-electron chi connectivity index (χ3n) is 6.58. The average Bonchev–Trinajstić information content (AvgIpc) is 3.18. The van der Waals surface area contributed by atoms with Crippen LogP contribution in [0.5, 0.6) is 17.2 Å².